The number of alkyl halides is 2. The molecule has 8 heteroatoms. The maximum Gasteiger partial charge on any atom is 0.387 e. The summed E-state index contributed by atoms with van der Waals surface area (Å²) in [5.74, 6) is -0.344. The van der Waals surface area contributed by atoms with E-state index < -0.39 is 6.61 Å². The Morgan fingerprint density at radius 2 is 1.93 bits per heavy atom. The van der Waals surface area contributed by atoms with E-state index in [0.29, 0.717) is 6.42 Å². The number of amides is 2. The molecular formula is C20H20F2N2O4. The Morgan fingerprint density at radius 3 is 2.54 bits per heavy atom. The molecule has 0 atom stereocenters. The Kier molecular flexibility index (Phi) is 6.08. The molecule has 1 heterocycles. The van der Waals surface area contributed by atoms with Gasteiger partial charge in [0.25, 0.3) is 5.91 Å². The van der Waals surface area contributed by atoms with Gasteiger partial charge in [-0.15, -0.1) is 0 Å². The van der Waals surface area contributed by atoms with Crippen molar-refractivity contribution in [2.75, 3.05) is 18.6 Å². The molecule has 2 aromatic rings. The number of carbonyl (C=O) groups excluding carboxylic acids is 2. The highest BCUT2D eigenvalue weighted by Gasteiger charge is 2.21. The lowest BCUT2D eigenvalue weighted by Gasteiger charge is -2.16. The van der Waals surface area contributed by atoms with E-state index in [-0.39, 0.29) is 35.4 Å². The highest BCUT2D eigenvalue weighted by atomic mass is 19.3. The molecule has 3 rings (SSSR count). The van der Waals surface area contributed by atoms with Crippen LogP contribution in [0.4, 0.5) is 14.5 Å². The summed E-state index contributed by atoms with van der Waals surface area (Å²) in [6.07, 6.45) is 1.43. The van der Waals surface area contributed by atoms with Crippen molar-refractivity contribution in [2.45, 2.75) is 26.0 Å². The summed E-state index contributed by atoms with van der Waals surface area (Å²) in [6, 6.07) is 11.4. The second-order valence-electron chi connectivity index (χ2n) is 6.24. The molecule has 1 fully saturated rings. The van der Waals surface area contributed by atoms with Crippen LogP contribution in [-0.2, 0) is 11.3 Å². The standard InChI is InChI=1S/C20H20F2N2O4/c1-27-17-11-14(6-9-16(17)28-20(21)22)19(26)23-12-13-4-7-15(8-5-13)24-10-2-3-18(24)25/h4-9,11,20H,2-3,10,12H2,1H3,(H,23,26). The molecule has 6 nitrogen and oxygen atoms in total. The number of methoxy groups -OCH3 is 1. The topological polar surface area (TPSA) is 67.9 Å². The van der Waals surface area contributed by atoms with Crippen molar-refractivity contribution >= 4 is 17.5 Å². The van der Waals surface area contributed by atoms with Gasteiger partial charge in [0.2, 0.25) is 5.91 Å². The van der Waals surface area contributed by atoms with E-state index in [1.807, 2.05) is 24.3 Å². The minimum atomic E-state index is -2.98. The van der Waals surface area contributed by atoms with E-state index >= 15 is 0 Å². The third-order valence-corrected chi connectivity index (χ3v) is 4.42. The van der Waals surface area contributed by atoms with Gasteiger partial charge in [-0.1, -0.05) is 12.1 Å². The van der Waals surface area contributed by atoms with Gasteiger partial charge in [0.05, 0.1) is 7.11 Å². The van der Waals surface area contributed by atoms with Crippen LogP contribution in [0.25, 0.3) is 0 Å². The zero-order valence-electron chi connectivity index (χ0n) is 15.3. The Balaban J connectivity index is 1.61. The lowest BCUT2D eigenvalue weighted by Crippen LogP contribution is -2.24. The number of carbonyl (C=O) groups is 2. The minimum absolute atomic E-state index is 0.0487. The van der Waals surface area contributed by atoms with Gasteiger partial charge in [0.1, 0.15) is 0 Å². The number of nitrogens with zero attached hydrogens (tertiary/aromatic N) is 1. The van der Waals surface area contributed by atoms with Gasteiger partial charge in [-0.3, -0.25) is 9.59 Å². The van der Waals surface area contributed by atoms with E-state index in [4.69, 9.17) is 4.74 Å². The summed E-state index contributed by atoms with van der Waals surface area (Å²) >= 11 is 0. The molecule has 28 heavy (non-hydrogen) atoms. The zero-order valence-corrected chi connectivity index (χ0v) is 15.3. The van der Waals surface area contributed by atoms with Crippen LogP contribution in [-0.4, -0.2) is 32.1 Å². The number of ether oxygens (including phenoxy) is 2. The highest BCUT2D eigenvalue weighted by molar-refractivity contribution is 5.95. The van der Waals surface area contributed by atoms with Crippen molar-refractivity contribution in [2.24, 2.45) is 0 Å². The summed E-state index contributed by atoms with van der Waals surface area (Å²) in [5, 5.41) is 2.76. The quantitative estimate of drug-likeness (QED) is 0.787. The molecule has 1 saturated heterocycles. The zero-order chi connectivity index (χ0) is 20.1. The smallest absolute Gasteiger partial charge is 0.387 e. The molecule has 1 aliphatic heterocycles. The van der Waals surface area contributed by atoms with Gasteiger partial charge in [0.15, 0.2) is 11.5 Å². The number of halogens is 2. The number of hydrogen-bond donors (Lipinski definition) is 1. The number of nitrogens with one attached hydrogen (secondary N) is 1. The lowest BCUT2D eigenvalue weighted by molar-refractivity contribution is -0.117. The van der Waals surface area contributed by atoms with E-state index in [9.17, 15) is 18.4 Å². The Hall–Kier alpha value is -3.16. The first-order chi connectivity index (χ1) is 13.5. The number of rotatable bonds is 7. The van der Waals surface area contributed by atoms with Crippen LogP contribution in [0.3, 0.4) is 0 Å². The maximum absolute atomic E-state index is 12.4. The van der Waals surface area contributed by atoms with Gasteiger partial charge >= 0.3 is 6.61 Å². The predicted molar refractivity (Wildman–Crippen MR) is 98.8 cm³/mol. The number of hydrogen-bond acceptors (Lipinski definition) is 4. The summed E-state index contributed by atoms with van der Waals surface area (Å²) in [6.45, 7) is -1.97. The number of benzene rings is 2. The summed E-state index contributed by atoms with van der Waals surface area (Å²) in [5.41, 5.74) is 1.98. The molecule has 0 aliphatic carbocycles. The van der Waals surface area contributed by atoms with Crippen LogP contribution in [0.15, 0.2) is 42.5 Å². The van der Waals surface area contributed by atoms with E-state index in [1.165, 1.54) is 25.3 Å². The molecule has 0 aromatic heterocycles. The first-order valence-electron chi connectivity index (χ1n) is 8.78. The fraction of sp³-hybridized carbons (Fsp3) is 0.300. The van der Waals surface area contributed by atoms with Gasteiger partial charge in [-0.2, -0.15) is 8.78 Å². The van der Waals surface area contributed by atoms with Crippen LogP contribution in [0.1, 0.15) is 28.8 Å². The van der Waals surface area contributed by atoms with E-state index in [0.717, 1.165) is 24.2 Å². The van der Waals surface area contributed by atoms with Crippen molar-refractivity contribution in [1.29, 1.82) is 0 Å². The van der Waals surface area contributed by atoms with Crippen molar-refractivity contribution in [3.8, 4) is 11.5 Å². The summed E-state index contributed by atoms with van der Waals surface area (Å²) in [7, 11) is 1.31. The van der Waals surface area contributed by atoms with Gasteiger partial charge in [0, 0.05) is 30.8 Å². The molecule has 148 valence electrons. The van der Waals surface area contributed by atoms with Crippen molar-refractivity contribution in [3.63, 3.8) is 0 Å². The fourth-order valence-corrected chi connectivity index (χ4v) is 3.00. The Labute approximate surface area is 161 Å². The molecule has 0 bridgehead atoms. The molecule has 0 spiro atoms. The van der Waals surface area contributed by atoms with Crippen LogP contribution in [0.5, 0.6) is 11.5 Å². The second kappa shape index (κ2) is 8.69. The van der Waals surface area contributed by atoms with Crippen LogP contribution >= 0.6 is 0 Å². The molecule has 0 unspecified atom stereocenters. The molecular weight excluding hydrogens is 370 g/mol. The van der Waals surface area contributed by atoms with E-state index in [1.54, 1.807) is 4.90 Å². The molecule has 0 saturated carbocycles. The van der Waals surface area contributed by atoms with Gasteiger partial charge < -0.3 is 19.7 Å². The molecule has 2 aromatic carbocycles. The monoisotopic (exact) mass is 390 g/mol. The van der Waals surface area contributed by atoms with Crippen molar-refractivity contribution in [3.05, 3.63) is 53.6 Å². The van der Waals surface area contributed by atoms with Crippen LogP contribution in [0.2, 0.25) is 0 Å². The van der Waals surface area contributed by atoms with Crippen LogP contribution < -0.4 is 19.7 Å². The largest absolute Gasteiger partial charge is 0.493 e. The van der Waals surface area contributed by atoms with Crippen molar-refractivity contribution in [1.82, 2.24) is 5.32 Å². The molecule has 0 radical (unpaired) electrons. The van der Waals surface area contributed by atoms with Gasteiger partial charge in [-0.05, 0) is 42.3 Å². The average molecular weight is 390 g/mol. The minimum Gasteiger partial charge on any atom is -0.493 e. The average Bonchev–Trinajstić information content (AvgIpc) is 3.12. The summed E-state index contributed by atoms with van der Waals surface area (Å²) < 4.78 is 34.1. The molecule has 2 amide bonds. The normalized spacial score (nSPS) is 13.7. The summed E-state index contributed by atoms with van der Waals surface area (Å²) in [4.78, 5) is 25.9. The Bertz CT molecular complexity index is 856. The fourth-order valence-electron chi connectivity index (χ4n) is 3.00. The molecule has 1 aliphatic rings. The third-order valence-electron chi connectivity index (χ3n) is 4.42. The van der Waals surface area contributed by atoms with Crippen LogP contribution in [0, 0.1) is 0 Å². The lowest BCUT2D eigenvalue weighted by atomic mass is 10.1. The van der Waals surface area contributed by atoms with E-state index in [2.05, 4.69) is 10.1 Å². The Morgan fingerprint density at radius 1 is 1.18 bits per heavy atom. The first-order valence-corrected chi connectivity index (χ1v) is 8.78. The number of anilines is 1. The maximum atomic E-state index is 12.4. The second-order valence-corrected chi connectivity index (χ2v) is 6.24. The SMILES string of the molecule is COc1cc(C(=O)NCc2ccc(N3CCCC3=O)cc2)ccc1OC(F)F. The van der Waals surface area contributed by atoms with Crippen molar-refractivity contribution < 1.29 is 27.8 Å². The first kappa shape index (κ1) is 19.6. The van der Waals surface area contributed by atoms with Gasteiger partial charge in [-0.25, -0.2) is 0 Å². The third kappa shape index (κ3) is 4.57. The predicted octanol–water partition coefficient (Wildman–Crippen LogP) is 3.35. The highest BCUT2D eigenvalue weighted by Crippen LogP contribution is 2.29. The molecule has 1 N–H and O–H groups in total.